The summed E-state index contributed by atoms with van der Waals surface area (Å²) >= 11 is 0. The number of rotatable bonds is 3. The van der Waals surface area contributed by atoms with Crippen LogP contribution in [0.5, 0.6) is 0 Å². The quantitative estimate of drug-likeness (QED) is 0.839. The first kappa shape index (κ1) is 12.2. The Morgan fingerprint density at radius 3 is 2.81 bits per heavy atom. The van der Waals surface area contributed by atoms with Gasteiger partial charge in [0.05, 0.1) is 11.3 Å². The lowest BCUT2D eigenvalue weighted by atomic mass is 10.2. The minimum Gasteiger partial charge on any atom is -0.348 e. The Labute approximate surface area is 95.3 Å². The predicted octanol–water partition coefficient (Wildman–Crippen LogP) is 1.79. The van der Waals surface area contributed by atoms with E-state index in [9.17, 15) is 4.79 Å². The minimum atomic E-state index is -0.193. The molecule has 1 unspecified atom stereocenters. The van der Waals surface area contributed by atoms with E-state index in [-0.39, 0.29) is 11.9 Å². The van der Waals surface area contributed by atoms with Gasteiger partial charge in [-0.1, -0.05) is 6.92 Å². The Bertz CT molecular complexity index is 434. The van der Waals surface area contributed by atoms with E-state index in [2.05, 4.69) is 10.3 Å². The lowest BCUT2D eigenvalue weighted by molar-refractivity contribution is 0.0934. The molecule has 0 aliphatic carbocycles. The number of nitrogens with zero attached hydrogens (tertiary/aromatic N) is 2. The topological polar surface area (TPSA) is 65.8 Å². The second kappa shape index (κ2) is 5.26. The lowest BCUT2D eigenvalue weighted by Crippen LogP contribution is -2.32. The summed E-state index contributed by atoms with van der Waals surface area (Å²) in [6, 6.07) is 5.34. The van der Waals surface area contributed by atoms with Crippen molar-refractivity contribution in [3.05, 3.63) is 29.1 Å². The fraction of sp³-hybridized carbons (Fsp3) is 0.417. The fourth-order valence-electron chi connectivity index (χ4n) is 1.21. The molecule has 16 heavy (non-hydrogen) atoms. The van der Waals surface area contributed by atoms with Crippen molar-refractivity contribution in [2.24, 2.45) is 0 Å². The maximum absolute atomic E-state index is 11.7. The van der Waals surface area contributed by atoms with Gasteiger partial charge in [-0.05, 0) is 32.4 Å². The number of amides is 1. The molecule has 0 radical (unpaired) electrons. The molecule has 0 fully saturated rings. The maximum Gasteiger partial charge on any atom is 0.270 e. The molecule has 4 nitrogen and oxygen atoms in total. The van der Waals surface area contributed by atoms with Crippen molar-refractivity contribution in [2.75, 3.05) is 0 Å². The number of nitrogens with one attached hydrogen (secondary N) is 1. The first-order valence-electron chi connectivity index (χ1n) is 5.27. The van der Waals surface area contributed by atoms with E-state index in [1.807, 2.05) is 19.9 Å². The monoisotopic (exact) mass is 217 g/mol. The highest BCUT2D eigenvalue weighted by molar-refractivity contribution is 5.92. The second-order valence-electron chi connectivity index (χ2n) is 3.72. The molecule has 0 spiro atoms. The molecule has 0 aliphatic heterocycles. The molecule has 0 saturated carbocycles. The van der Waals surface area contributed by atoms with Crippen molar-refractivity contribution in [1.29, 1.82) is 5.26 Å². The standard InChI is InChI=1S/C12H15N3O/c1-4-8(2)14-12(16)11-6-5-10(7-13)9(3)15-11/h5-6,8H,4H2,1-3H3,(H,14,16). The highest BCUT2D eigenvalue weighted by Gasteiger charge is 2.11. The van der Waals surface area contributed by atoms with Crippen LogP contribution in [0.1, 0.15) is 42.0 Å². The Morgan fingerprint density at radius 1 is 1.62 bits per heavy atom. The van der Waals surface area contributed by atoms with Gasteiger partial charge in [-0.15, -0.1) is 0 Å². The molecule has 0 bridgehead atoms. The van der Waals surface area contributed by atoms with E-state index in [1.54, 1.807) is 19.1 Å². The zero-order valence-corrected chi connectivity index (χ0v) is 9.74. The summed E-state index contributed by atoms with van der Waals surface area (Å²) in [4.78, 5) is 15.8. The summed E-state index contributed by atoms with van der Waals surface area (Å²) in [5.74, 6) is -0.193. The Morgan fingerprint density at radius 2 is 2.31 bits per heavy atom. The van der Waals surface area contributed by atoms with Crippen LogP contribution in [0.3, 0.4) is 0 Å². The zero-order chi connectivity index (χ0) is 12.1. The first-order valence-corrected chi connectivity index (χ1v) is 5.27. The molecule has 1 rings (SSSR count). The van der Waals surface area contributed by atoms with Gasteiger partial charge in [0.1, 0.15) is 11.8 Å². The largest absolute Gasteiger partial charge is 0.348 e. The summed E-state index contributed by atoms with van der Waals surface area (Å²) in [6.45, 7) is 5.66. The molecular formula is C12H15N3O. The molecule has 1 heterocycles. The lowest BCUT2D eigenvalue weighted by Gasteiger charge is -2.11. The number of nitriles is 1. The normalized spacial score (nSPS) is 11.6. The summed E-state index contributed by atoms with van der Waals surface area (Å²) in [5.41, 5.74) is 1.44. The molecule has 1 amide bonds. The van der Waals surface area contributed by atoms with Gasteiger partial charge < -0.3 is 5.32 Å². The van der Waals surface area contributed by atoms with Crippen LogP contribution in [-0.4, -0.2) is 16.9 Å². The number of hydrogen-bond donors (Lipinski definition) is 1. The highest BCUT2D eigenvalue weighted by atomic mass is 16.1. The van der Waals surface area contributed by atoms with Gasteiger partial charge in [0, 0.05) is 6.04 Å². The van der Waals surface area contributed by atoms with Crippen molar-refractivity contribution in [3.63, 3.8) is 0 Å². The molecule has 1 N–H and O–H groups in total. The van der Waals surface area contributed by atoms with Crippen LogP contribution in [0.25, 0.3) is 0 Å². The van der Waals surface area contributed by atoms with Crippen LogP contribution in [0.4, 0.5) is 0 Å². The number of hydrogen-bond acceptors (Lipinski definition) is 3. The first-order chi connectivity index (χ1) is 7.58. The van der Waals surface area contributed by atoms with Gasteiger partial charge in [0.15, 0.2) is 0 Å². The van der Waals surface area contributed by atoms with Crippen LogP contribution >= 0.6 is 0 Å². The third-order valence-electron chi connectivity index (χ3n) is 2.43. The summed E-state index contributed by atoms with van der Waals surface area (Å²) < 4.78 is 0. The third kappa shape index (κ3) is 2.80. The van der Waals surface area contributed by atoms with Gasteiger partial charge >= 0.3 is 0 Å². The molecule has 4 heteroatoms. The van der Waals surface area contributed by atoms with Gasteiger partial charge in [0.2, 0.25) is 0 Å². The number of carbonyl (C=O) groups excluding carboxylic acids is 1. The SMILES string of the molecule is CCC(C)NC(=O)c1ccc(C#N)c(C)n1. The number of aromatic nitrogens is 1. The second-order valence-corrected chi connectivity index (χ2v) is 3.72. The molecule has 0 saturated heterocycles. The Balaban J connectivity index is 2.86. The van der Waals surface area contributed by atoms with Crippen LogP contribution in [0.2, 0.25) is 0 Å². The van der Waals surface area contributed by atoms with E-state index in [0.29, 0.717) is 17.0 Å². The van der Waals surface area contributed by atoms with E-state index >= 15 is 0 Å². The van der Waals surface area contributed by atoms with Crippen molar-refractivity contribution in [3.8, 4) is 6.07 Å². The highest BCUT2D eigenvalue weighted by Crippen LogP contribution is 2.05. The average Bonchev–Trinajstić information content (AvgIpc) is 2.28. The number of aryl methyl sites for hydroxylation is 1. The van der Waals surface area contributed by atoms with Crippen molar-refractivity contribution in [1.82, 2.24) is 10.3 Å². The molecule has 0 aliphatic rings. The molecule has 0 aromatic carbocycles. The minimum absolute atomic E-state index is 0.130. The Kier molecular flexibility index (Phi) is 4.01. The average molecular weight is 217 g/mol. The summed E-state index contributed by atoms with van der Waals surface area (Å²) in [7, 11) is 0. The van der Waals surface area contributed by atoms with Crippen molar-refractivity contribution in [2.45, 2.75) is 33.2 Å². The van der Waals surface area contributed by atoms with Gasteiger partial charge in [0.25, 0.3) is 5.91 Å². The smallest absolute Gasteiger partial charge is 0.270 e. The van der Waals surface area contributed by atoms with Gasteiger partial charge in [-0.2, -0.15) is 5.26 Å². The predicted molar refractivity (Wildman–Crippen MR) is 60.9 cm³/mol. The molecular weight excluding hydrogens is 202 g/mol. The van der Waals surface area contributed by atoms with E-state index < -0.39 is 0 Å². The number of pyridine rings is 1. The molecule has 1 atom stereocenters. The fourth-order valence-corrected chi connectivity index (χ4v) is 1.21. The van der Waals surface area contributed by atoms with Crippen LogP contribution in [-0.2, 0) is 0 Å². The summed E-state index contributed by atoms with van der Waals surface area (Å²) in [5, 5.41) is 11.6. The van der Waals surface area contributed by atoms with E-state index in [4.69, 9.17) is 5.26 Å². The van der Waals surface area contributed by atoms with E-state index in [1.165, 1.54) is 0 Å². The van der Waals surface area contributed by atoms with Gasteiger partial charge in [-0.25, -0.2) is 4.98 Å². The van der Waals surface area contributed by atoms with Gasteiger partial charge in [-0.3, -0.25) is 4.79 Å². The van der Waals surface area contributed by atoms with Crippen LogP contribution < -0.4 is 5.32 Å². The van der Waals surface area contributed by atoms with Crippen LogP contribution in [0, 0.1) is 18.3 Å². The van der Waals surface area contributed by atoms with Crippen molar-refractivity contribution < 1.29 is 4.79 Å². The molecule has 1 aromatic rings. The van der Waals surface area contributed by atoms with Crippen LogP contribution in [0.15, 0.2) is 12.1 Å². The summed E-state index contributed by atoms with van der Waals surface area (Å²) in [6.07, 6.45) is 0.876. The van der Waals surface area contributed by atoms with E-state index in [0.717, 1.165) is 6.42 Å². The van der Waals surface area contributed by atoms with Crippen molar-refractivity contribution >= 4 is 5.91 Å². The molecule has 84 valence electrons. The Hall–Kier alpha value is -1.89. The third-order valence-corrected chi connectivity index (χ3v) is 2.43. The number of carbonyl (C=O) groups is 1. The molecule has 1 aromatic heterocycles. The zero-order valence-electron chi connectivity index (χ0n) is 9.74. The maximum atomic E-state index is 11.7.